The standard InChI is InChI=1S/C12H12BrNO2/c1-9(15)14-7-3-2-4-10-8-11(13)5-6-12(10)16/h5-6,8,16H,3,7H2,1H3,(H,14,15). The van der Waals surface area contributed by atoms with E-state index in [1.807, 2.05) is 0 Å². The predicted octanol–water partition coefficient (Wildman–Crippen LogP) is 2.03. The van der Waals surface area contributed by atoms with E-state index >= 15 is 0 Å². The molecule has 84 valence electrons. The van der Waals surface area contributed by atoms with Gasteiger partial charge in [-0.05, 0) is 18.2 Å². The average Bonchev–Trinajstić information content (AvgIpc) is 2.22. The van der Waals surface area contributed by atoms with Gasteiger partial charge in [0.25, 0.3) is 0 Å². The van der Waals surface area contributed by atoms with Crippen LogP contribution in [0.25, 0.3) is 0 Å². The molecular formula is C12H12BrNO2. The number of phenols is 1. The van der Waals surface area contributed by atoms with E-state index in [0.29, 0.717) is 18.5 Å². The summed E-state index contributed by atoms with van der Waals surface area (Å²) < 4.78 is 0.872. The molecule has 1 rings (SSSR count). The van der Waals surface area contributed by atoms with Crippen molar-refractivity contribution in [1.29, 1.82) is 0 Å². The number of aromatic hydroxyl groups is 1. The summed E-state index contributed by atoms with van der Waals surface area (Å²) in [6.07, 6.45) is 0.561. The molecule has 3 nitrogen and oxygen atoms in total. The molecule has 0 aliphatic heterocycles. The Labute approximate surface area is 103 Å². The van der Waals surface area contributed by atoms with E-state index in [4.69, 9.17) is 0 Å². The van der Waals surface area contributed by atoms with Gasteiger partial charge in [0.1, 0.15) is 5.75 Å². The van der Waals surface area contributed by atoms with E-state index < -0.39 is 0 Å². The van der Waals surface area contributed by atoms with Crippen molar-refractivity contribution in [2.24, 2.45) is 0 Å². The molecule has 0 aromatic heterocycles. The fourth-order valence-electron chi connectivity index (χ4n) is 1.07. The molecule has 16 heavy (non-hydrogen) atoms. The molecule has 0 unspecified atom stereocenters. The van der Waals surface area contributed by atoms with E-state index in [9.17, 15) is 9.90 Å². The monoisotopic (exact) mass is 281 g/mol. The summed E-state index contributed by atoms with van der Waals surface area (Å²) in [5.74, 6) is 5.83. The van der Waals surface area contributed by atoms with Crippen LogP contribution >= 0.6 is 15.9 Å². The Morgan fingerprint density at radius 2 is 2.31 bits per heavy atom. The van der Waals surface area contributed by atoms with Gasteiger partial charge in [0.2, 0.25) is 5.91 Å². The third-order valence-electron chi connectivity index (χ3n) is 1.81. The van der Waals surface area contributed by atoms with Crippen LogP contribution < -0.4 is 5.32 Å². The van der Waals surface area contributed by atoms with E-state index in [-0.39, 0.29) is 11.7 Å². The Kier molecular flexibility index (Phi) is 4.87. The first kappa shape index (κ1) is 12.6. The van der Waals surface area contributed by atoms with Gasteiger partial charge in [-0.15, -0.1) is 0 Å². The van der Waals surface area contributed by atoms with Crippen LogP contribution in [0.3, 0.4) is 0 Å². The number of hydrogen-bond acceptors (Lipinski definition) is 2. The molecule has 1 aromatic rings. The molecule has 0 radical (unpaired) electrons. The van der Waals surface area contributed by atoms with E-state index in [2.05, 4.69) is 33.1 Å². The van der Waals surface area contributed by atoms with Crippen molar-refractivity contribution in [2.75, 3.05) is 6.54 Å². The lowest BCUT2D eigenvalue weighted by molar-refractivity contribution is -0.118. The van der Waals surface area contributed by atoms with Crippen LogP contribution in [0.4, 0.5) is 0 Å². The number of benzene rings is 1. The molecule has 4 heteroatoms. The van der Waals surface area contributed by atoms with E-state index in [0.717, 1.165) is 4.47 Å². The summed E-state index contributed by atoms with van der Waals surface area (Å²) in [5, 5.41) is 12.1. The maximum Gasteiger partial charge on any atom is 0.216 e. The zero-order valence-corrected chi connectivity index (χ0v) is 10.5. The largest absolute Gasteiger partial charge is 0.507 e. The van der Waals surface area contributed by atoms with Crippen LogP contribution in [0, 0.1) is 11.8 Å². The normalized spacial score (nSPS) is 9.12. The predicted molar refractivity (Wildman–Crippen MR) is 66.0 cm³/mol. The first-order valence-electron chi connectivity index (χ1n) is 4.81. The number of amides is 1. The topological polar surface area (TPSA) is 49.3 Å². The molecular weight excluding hydrogens is 270 g/mol. The SMILES string of the molecule is CC(=O)NCCC#Cc1cc(Br)ccc1O. The highest BCUT2D eigenvalue weighted by Gasteiger charge is 1.97. The van der Waals surface area contributed by atoms with Crippen molar-refractivity contribution in [1.82, 2.24) is 5.32 Å². The number of rotatable bonds is 2. The summed E-state index contributed by atoms with van der Waals surface area (Å²) in [5.41, 5.74) is 0.581. The van der Waals surface area contributed by atoms with Crippen LogP contribution in [0.2, 0.25) is 0 Å². The fourth-order valence-corrected chi connectivity index (χ4v) is 1.43. The second-order valence-electron chi connectivity index (χ2n) is 3.20. The van der Waals surface area contributed by atoms with Gasteiger partial charge in [0.15, 0.2) is 0 Å². The molecule has 0 bridgehead atoms. The highest BCUT2D eigenvalue weighted by atomic mass is 79.9. The number of halogens is 1. The summed E-state index contributed by atoms with van der Waals surface area (Å²) in [6.45, 7) is 1.99. The Balaban J connectivity index is 2.56. The Hall–Kier alpha value is -1.47. The smallest absolute Gasteiger partial charge is 0.216 e. The number of carbonyl (C=O) groups is 1. The maximum absolute atomic E-state index is 10.6. The first-order valence-corrected chi connectivity index (χ1v) is 5.60. The van der Waals surface area contributed by atoms with Gasteiger partial charge in [-0.3, -0.25) is 4.79 Å². The van der Waals surface area contributed by atoms with Crippen LogP contribution in [0.15, 0.2) is 22.7 Å². The zero-order valence-electron chi connectivity index (χ0n) is 8.88. The summed E-state index contributed by atoms with van der Waals surface area (Å²) in [7, 11) is 0. The van der Waals surface area contributed by atoms with Gasteiger partial charge in [0.05, 0.1) is 5.56 Å². The Morgan fingerprint density at radius 1 is 1.56 bits per heavy atom. The molecule has 0 saturated carbocycles. The van der Waals surface area contributed by atoms with Gasteiger partial charge >= 0.3 is 0 Å². The number of nitrogens with one attached hydrogen (secondary N) is 1. The van der Waals surface area contributed by atoms with Gasteiger partial charge in [-0.25, -0.2) is 0 Å². The summed E-state index contributed by atoms with van der Waals surface area (Å²) in [4.78, 5) is 10.6. The minimum absolute atomic E-state index is 0.0629. The zero-order chi connectivity index (χ0) is 12.0. The highest BCUT2D eigenvalue weighted by Crippen LogP contribution is 2.20. The van der Waals surface area contributed by atoms with E-state index in [1.54, 1.807) is 18.2 Å². The summed E-state index contributed by atoms with van der Waals surface area (Å²) >= 11 is 3.30. The molecule has 0 fully saturated rings. The van der Waals surface area contributed by atoms with Gasteiger partial charge in [0, 0.05) is 24.4 Å². The molecule has 0 atom stereocenters. The third-order valence-corrected chi connectivity index (χ3v) is 2.30. The van der Waals surface area contributed by atoms with Crippen LogP contribution in [-0.2, 0) is 4.79 Å². The molecule has 0 aliphatic rings. The highest BCUT2D eigenvalue weighted by molar-refractivity contribution is 9.10. The molecule has 1 amide bonds. The van der Waals surface area contributed by atoms with Crippen molar-refractivity contribution >= 4 is 21.8 Å². The third kappa shape index (κ3) is 4.37. The van der Waals surface area contributed by atoms with Crippen molar-refractivity contribution in [3.63, 3.8) is 0 Å². The molecule has 0 heterocycles. The summed E-state index contributed by atoms with van der Waals surface area (Å²) in [6, 6.07) is 5.08. The molecule has 0 spiro atoms. The van der Waals surface area contributed by atoms with Crippen molar-refractivity contribution in [3.05, 3.63) is 28.2 Å². The minimum atomic E-state index is -0.0629. The maximum atomic E-state index is 10.6. The van der Waals surface area contributed by atoms with Gasteiger partial charge in [-0.1, -0.05) is 27.8 Å². The van der Waals surface area contributed by atoms with Crippen LogP contribution in [0.1, 0.15) is 18.9 Å². The second-order valence-corrected chi connectivity index (χ2v) is 4.11. The van der Waals surface area contributed by atoms with Crippen LogP contribution in [-0.4, -0.2) is 17.6 Å². The quantitative estimate of drug-likeness (QED) is 0.644. The molecule has 0 saturated heterocycles. The number of hydrogen-bond donors (Lipinski definition) is 2. The fraction of sp³-hybridized carbons (Fsp3) is 0.250. The lowest BCUT2D eigenvalue weighted by Gasteiger charge is -1.97. The minimum Gasteiger partial charge on any atom is -0.507 e. The second kappa shape index (κ2) is 6.19. The molecule has 0 aliphatic carbocycles. The first-order chi connectivity index (χ1) is 7.59. The Morgan fingerprint density at radius 3 is 3.00 bits per heavy atom. The van der Waals surface area contributed by atoms with E-state index in [1.165, 1.54) is 6.92 Å². The van der Waals surface area contributed by atoms with Crippen LogP contribution in [0.5, 0.6) is 5.75 Å². The molecule has 1 aromatic carbocycles. The van der Waals surface area contributed by atoms with Gasteiger partial charge in [-0.2, -0.15) is 0 Å². The lowest BCUT2D eigenvalue weighted by atomic mass is 10.2. The average molecular weight is 282 g/mol. The number of phenolic OH excluding ortho intramolecular Hbond substituents is 1. The lowest BCUT2D eigenvalue weighted by Crippen LogP contribution is -2.20. The number of carbonyl (C=O) groups excluding carboxylic acids is 1. The van der Waals surface area contributed by atoms with Crippen molar-refractivity contribution in [3.8, 4) is 17.6 Å². The van der Waals surface area contributed by atoms with Crippen molar-refractivity contribution < 1.29 is 9.90 Å². The van der Waals surface area contributed by atoms with Crippen molar-refractivity contribution in [2.45, 2.75) is 13.3 Å². The Bertz CT molecular complexity index is 446. The molecule has 2 N–H and O–H groups in total. The van der Waals surface area contributed by atoms with Gasteiger partial charge < -0.3 is 10.4 Å².